The Labute approximate surface area is 169 Å². The van der Waals surface area contributed by atoms with Crippen molar-refractivity contribution in [2.24, 2.45) is 0 Å². The van der Waals surface area contributed by atoms with E-state index in [9.17, 15) is 10.1 Å². The van der Waals surface area contributed by atoms with E-state index in [4.69, 9.17) is 4.74 Å². The number of nitriles is 1. The molecule has 5 rings (SSSR count). The first-order chi connectivity index (χ1) is 14.2. The molecule has 2 aromatic carbocycles. The lowest BCUT2D eigenvalue weighted by atomic mass is 9.74. The average Bonchev–Trinajstić information content (AvgIpc) is 3.17. The van der Waals surface area contributed by atoms with Gasteiger partial charge in [-0.2, -0.15) is 5.26 Å². The number of nitrogens with zero attached hydrogens (tertiary/aromatic N) is 2. The predicted octanol–water partition coefficient (Wildman–Crippen LogP) is 3.66. The number of hydrogen-bond donors (Lipinski definition) is 2. The number of rotatable bonds is 3. The van der Waals surface area contributed by atoms with Gasteiger partial charge in [-0.15, -0.1) is 0 Å². The van der Waals surface area contributed by atoms with Crippen molar-refractivity contribution in [1.82, 2.24) is 15.2 Å². The minimum Gasteiger partial charge on any atom is -0.445 e. The average molecular weight is 386 g/mol. The van der Waals surface area contributed by atoms with Crippen LogP contribution in [0.1, 0.15) is 29.0 Å². The van der Waals surface area contributed by atoms with Gasteiger partial charge in [-0.05, 0) is 35.6 Å². The highest BCUT2D eigenvalue weighted by atomic mass is 16.5. The molecular weight excluding hydrogens is 364 g/mol. The molecule has 2 N–H and O–H groups in total. The van der Waals surface area contributed by atoms with Gasteiger partial charge in [-0.3, -0.25) is 0 Å². The highest BCUT2D eigenvalue weighted by Crippen LogP contribution is 2.43. The van der Waals surface area contributed by atoms with Crippen molar-refractivity contribution in [1.29, 1.82) is 5.26 Å². The number of hydrogen-bond acceptors (Lipinski definition) is 4. The molecule has 1 unspecified atom stereocenters. The fourth-order valence-corrected chi connectivity index (χ4v) is 4.85. The van der Waals surface area contributed by atoms with E-state index in [0.717, 1.165) is 23.9 Å². The Balaban J connectivity index is 1.33. The Hall–Kier alpha value is -3.46. The second-order valence-corrected chi connectivity index (χ2v) is 7.85. The third-order valence-electron chi connectivity index (χ3n) is 6.13. The van der Waals surface area contributed by atoms with Gasteiger partial charge in [-0.25, -0.2) is 4.79 Å². The van der Waals surface area contributed by atoms with Crippen molar-refractivity contribution in [3.63, 3.8) is 0 Å². The van der Waals surface area contributed by atoms with E-state index < -0.39 is 6.09 Å². The molecule has 2 heterocycles. The lowest BCUT2D eigenvalue weighted by Crippen LogP contribution is -2.54. The molecule has 3 atom stereocenters. The van der Waals surface area contributed by atoms with E-state index in [1.807, 2.05) is 35.2 Å². The molecule has 1 aliphatic carbocycles. The molecule has 2 aliphatic rings. The number of benzene rings is 2. The SMILES string of the molecule is N#CN1C[C@@H](NC(=O)OCc2ccccc2)CC2c3cccc4[nH]cc(c34)C[C@H]21. The summed E-state index contributed by atoms with van der Waals surface area (Å²) in [4.78, 5) is 17.5. The van der Waals surface area contributed by atoms with Gasteiger partial charge in [0.15, 0.2) is 6.19 Å². The van der Waals surface area contributed by atoms with Gasteiger partial charge in [0.25, 0.3) is 0 Å². The number of aromatic nitrogens is 1. The van der Waals surface area contributed by atoms with Crippen LogP contribution in [0.3, 0.4) is 0 Å². The molecule has 0 bridgehead atoms. The van der Waals surface area contributed by atoms with E-state index >= 15 is 0 Å². The summed E-state index contributed by atoms with van der Waals surface area (Å²) in [5.41, 5.74) is 4.62. The highest BCUT2D eigenvalue weighted by Gasteiger charge is 2.41. The Kier molecular flexibility index (Phi) is 4.36. The molecule has 0 spiro atoms. The zero-order valence-electron chi connectivity index (χ0n) is 16.0. The molecule has 29 heavy (non-hydrogen) atoms. The lowest BCUT2D eigenvalue weighted by molar-refractivity contribution is 0.116. The maximum atomic E-state index is 12.3. The third-order valence-corrected chi connectivity index (χ3v) is 6.13. The maximum absolute atomic E-state index is 12.3. The first-order valence-corrected chi connectivity index (χ1v) is 9.95. The molecule has 6 nitrogen and oxygen atoms in total. The van der Waals surface area contributed by atoms with Gasteiger partial charge in [0.2, 0.25) is 0 Å². The Morgan fingerprint density at radius 3 is 2.93 bits per heavy atom. The molecular formula is C23H22N4O2. The number of H-pyrrole nitrogens is 1. The number of carbonyl (C=O) groups is 1. The van der Waals surface area contributed by atoms with Crippen LogP contribution in [0.5, 0.6) is 0 Å². The molecule has 1 aromatic heterocycles. The third kappa shape index (κ3) is 3.19. The second kappa shape index (κ2) is 7.17. The molecule has 1 saturated heterocycles. The van der Waals surface area contributed by atoms with Crippen molar-refractivity contribution in [2.75, 3.05) is 6.54 Å². The van der Waals surface area contributed by atoms with Crippen LogP contribution in [-0.4, -0.2) is 34.6 Å². The van der Waals surface area contributed by atoms with Crippen LogP contribution in [0.25, 0.3) is 10.9 Å². The van der Waals surface area contributed by atoms with E-state index in [0.29, 0.717) is 6.54 Å². The van der Waals surface area contributed by atoms with Crippen LogP contribution in [-0.2, 0) is 17.8 Å². The topological polar surface area (TPSA) is 81.2 Å². The van der Waals surface area contributed by atoms with Crippen LogP contribution in [0.4, 0.5) is 4.79 Å². The van der Waals surface area contributed by atoms with Gasteiger partial charge >= 0.3 is 6.09 Å². The van der Waals surface area contributed by atoms with Crippen LogP contribution in [0.2, 0.25) is 0 Å². The Morgan fingerprint density at radius 2 is 2.10 bits per heavy atom. The van der Waals surface area contributed by atoms with Gasteiger partial charge in [0.05, 0.1) is 12.1 Å². The highest BCUT2D eigenvalue weighted by molar-refractivity contribution is 5.88. The zero-order chi connectivity index (χ0) is 19.8. The Morgan fingerprint density at radius 1 is 1.24 bits per heavy atom. The zero-order valence-corrected chi connectivity index (χ0v) is 16.0. The summed E-state index contributed by atoms with van der Waals surface area (Å²) >= 11 is 0. The van der Waals surface area contributed by atoms with Gasteiger partial charge in [-0.1, -0.05) is 42.5 Å². The quantitative estimate of drug-likeness (QED) is 0.673. The van der Waals surface area contributed by atoms with Crippen molar-refractivity contribution in [2.45, 2.75) is 37.5 Å². The standard InChI is InChI=1S/C23H22N4O2/c24-14-27-12-17(26-23(28)29-13-15-5-2-1-3-6-15)10-19-18-7-4-8-20-22(18)16(11-25-20)9-21(19)27/h1-8,11,17,19,21,25H,9-10,12-13H2,(H,26,28)/t17-,19?,21+/m0/s1. The predicted molar refractivity (Wildman–Crippen MR) is 109 cm³/mol. The van der Waals surface area contributed by atoms with Crippen LogP contribution in [0, 0.1) is 11.5 Å². The van der Waals surface area contributed by atoms with E-state index in [1.54, 1.807) is 0 Å². The van der Waals surface area contributed by atoms with Crippen molar-refractivity contribution in [3.8, 4) is 6.19 Å². The monoisotopic (exact) mass is 386 g/mol. The van der Waals surface area contributed by atoms with Crippen LogP contribution < -0.4 is 5.32 Å². The molecule has 1 fully saturated rings. The largest absolute Gasteiger partial charge is 0.445 e. The summed E-state index contributed by atoms with van der Waals surface area (Å²) in [6, 6.07) is 15.9. The number of ether oxygens (including phenoxy) is 1. The lowest BCUT2D eigenvalue weighted by Gasteiger charge is -2.44. The number of amides is 1. The molecule has 0 radical (unpaired) electrons. The Bertz CT molecular complexity index is 1090. The van der Waals surface area contributed by atoms with Crippen molar-refractivity contribution in [3.05, 3.63) is 71.4 Å². The van der Waals surface area contributed by atoms with Crippen LogP contribution in [0.15, 0.2) is 54.7 Å². The summed E-state index contributed by atoms with van der Waals surface area (Å²) in [7, 11) is 0. The molecule has 146 valence electrons. The number of piperidine rings is 1. The van der Waals surface area contributed by atoms with Crippen molar-refractivity contribution >= 4 is 17.0 Å². The molecule has 6 heteroatoms. The minimum absolute atomic E-state index is 0.130. The number of fused-ring (bicyclic) bond motifs is 2. The first kappa shape index (κ1) is 17.6. The molecule has 0 saturated carbocycles. The van der Waals surface area contributed by atoms with Gasteiger partial charge in [0.1, 0.15) is 6.61 Å². The number of alkyl carbamates (subject to hydrolysis) is 1. The minimum atomic E-state index is -0.438. The molecule has 1 aliphatic heterocycles. The first-order valence-electron chi connectivity index (χ1n) is 9.95. The smallest absolute Gasteiger partial charge is 0.407 e. The molecule has 3 aromatic rings. The van der Waals surface area contributed by atoms with Crippen molar-refractivity contribution < 1.29 is 9.53 Å². The summed E-state index contributed by atoms with van der Waals surface area (Å²) in [5, 5.41) is 14.0. The maximum Gasteiger partial charge on any atom is 0.407 e. The normalized spacial score (nSPS) is 22.6. The van der Waals surface area contributed by atoms with Gasteiger partial charge in [0, 0.05) is 29.6 Å². The number of nitrogens with one attached hydrogen (secondary N) is 2. The number of carbonyl (C=O) groups excluding carboxylic acids is 1. The second-order valence-electron chi connectivity index (χ2n) is 7.85. The fourth-order valence-electron chi connectivity index (χ4n) is 4.85. The number of aromatic amines is 1. The van der Waals surface area contributed by atoms with E-state index in [-0.39, 0.29) is 24.6 Å². The fraction of sp³-hybridized carbons (Fsp3) is 0.304. The summed E-state index contributed by atoms with van der Waals surface area (Å²) in [6.07, 6.45) is 5.62. The van der Waals surface area contributed by atoms with E-state index in [2.05, 4.69) is 40.9 Å². The van der Waals surface area contributed by atoms with Gasteiger partial charge < -0.3 is 19.9 Å². The summed E-state index contributed by atoms with van der Waals surface area (Å²) in [6.45, 7) is 0.743. The summed E-state index contributed by atoms with van der Waals surface area (Å²) in [5.74, 6) is 0.204. The molecule has 1 amide bonds. The number of likely N-dealkylation sites (tertiary alicyclic amines) is 1. The van der Waals surface area contributed by atoms with E-state index in [1.165, 1.54) is 16.5 Å². The van der Waals surface area contributed by atoms with Crippen LogP contribution >= 0.6 is 0 Å². The summed E-state index contributed by atoms with van der Waals surface area (Å²) < 4.78 is 5.38.